The van der Waals surface area contributed by atoms with Crippen LogP contribution < -0.4 is 5.73 Å². The average Bonchev–Trinajstić information content (AvgIpc) is 3.31. The van der Waals surface area contributed by atoms with Gasteiger partial charge in [-0.05, 0) is 44.1 Å². The van der Waals surface area contributed by atoms with Gasteiger partial charge in [-0.1, -0.05) is 355 Å². The summed E-state index contributed by atoms with van der Waals surface area (Å²) in [4.78, 5) is 21.6. The smallest absolute Gasteiger partial charge is 0.330 e. The van der Waals surface area contributed by atoms with Gasteiger partial charge in [-0.2, -0.15) is 0 Å². The summed E-state index contributed by atoms with van der Waals surface area (Å²) in [5.41, 5.74) is 6.50. The first-order chi connectivity index (χ1) is 33.2. The lowest BCUT2D eigenvalue weighted by molar-refractivity contribution is 0.171. The van der Waals surface area contributed by atoms with E-state index >= 15 is 0 Å². The summed E-state index contributed by atoms with van der Waals surface area (Å²) in [5, 5.41) is 0. The Morgan fingerprint density at radius 2 is 0.368 bits per heavy atom. The van der Waals surface area contributed by atoms with Gasteiger partial charge in [0.2, 0.25) is 0 Å². The topological polar surface area (TPSA) is 104 Å². The first-order valence-electron chi connectivity index (χ1n) is 31.7. The van der Waals surface area contributed by atoms with Crippen molar-refractivity contribution in [3.63, 3.8) is 0 Å². The zero-order valence-electron chi connectivity index (χ0n) is 47.3. The Bertz CT molecular complexity index is 845. The van der Waals surface area contributed by atoms with Gasteiger partial charge in [0.15, 0.2) is 0 Å². The number of nitrogens with two attached hydrogens (primary N) is 1. The molecule has 6 heteroatoms. The van der Waals surface area contributed by atoms with E-state index in [4.69, 9.17) is 25.0 Å². The SMILES string of the molecule is CCCCCCCCCCCCCCCCCCC(CCCCCCCN)(CCCCCCCCCCCCCCCCCC)CCCCCCCCCCCCCCCCCC.O=P(O)(O)O. The second kappa shape index (κ2) is 59.6. The van der Waals surface area contributed by atoms with Crippen LogP contribution in [0, 0.1) is 5.41 Å². The molecule has 0 saturated heterocycles. The van der Waals surface area contributed by atoms with Gasteiger partial charge in [0.25, 0.3) is 0 Å². The molecule has 0 aromatic carbocycles. The maximum atomic E-state index is 8.88. The van der Waals surface area contributed by atoms with Crippen LogP contribution >= 0.6 is 7.82 Å². The van der Waals surface area contributed by atoms with Crippen LogP contribution in [0.1, 0.15) is 387 Å². The van der Waals surface area contributed by atoms with E-state index in [9.17, 15) is 0 Å². The van der Waals surface area contributed by atoms with Crippen LogP contribution in [-0.4, -0.2) is 21.2 Å². The summed E-state index contributed by atoms with van der Waals surface area (Å²) in [6, 6.07) is 0. The molecule has 0 aromatic heterocycles. The molecule has 0 rings (SSSR count). The van der Waals surface area contributed by atoms with Gasteiger partial charge in [-0.15, -0.1) is 0 Å². The first kappa shape index (κ1) is 70.1. The van der Waals surface area contributed by atoms with Crippen molar-refractivity contribution in [2.45, 2.75) is 387 Å². The van der Waals surface area contributed by atoms with Crippen molar-refractivity contribution in [3.8, 4) is 0 Å². The largest absolute Gasteiger partial charge is 0.466 e. The fourth-order valence-electron chi connectivity index (χ4n) is 11.1. The van der Waals surface area contributed by atoms with Gasteiger partial charge < -0.3 is 20.4 Å². The number of phosphoric acid groups is 1. The van der Waals surface area contributed by atoms with Crippen molar-refractivity contribution >= 4 is 7.82 Å². The van der Waals surface area contributed by atoms with E-state index < -0.39 is 7.82 Å². The second-order valence-corrected chi connectivity index (χ2v) is 23.5. The Balaban J connectivity index is 0. The predicted molar refractivity (Wildman–Crippen MR) is 306 cm³/mol. The van der Waals surface area contributed by atoms with Gasteiger partial charge in [-0.3, -0.25) is 0 Å². The summed E-state index contributed by atoms with van der Waals surface area (Å²) < 4.78 is 8.88. The lowest BCUT2D eigenvalue weighted by atomic mass is 9.70. The molecule has 0 fully saturated rings. The Labute approximate surface area is 429 Å². The molecule has 0 amide bonds. The molecule has 0 aliphatic heterocycles. The minimum atomic E-state index is -4.64. The van der Waals surface area contributed by atoms with E-state index in [0.29, 0.717) is 5.41 Å². The number of unbranched alkanes of at least 4 members (excludes halogenated alkanes) is 49. The molecular weight excluding hydrogens is 854 g/mol. The van der Waals surface area contributed by atoms with Crippen LogP contribution in [0.5, 0.6) is 0 Å². The average molecular weight is 985 g/mol. The minimum absolute atomic E-state index is 0.635. The predicted octanol–water partition coefficient (Wildman–Crippen LogP) is 22.3. The molecule has 0 aliphatic rings. The standard InChI is InChI=1S/C62H127N.H3O4P/c1-4-7-10-13-16-19-22-25-28-31-34-37-40-43-47-52-57-62(60-55-50-46-51-56-61-63,58-53-48-44-41-38-35-32-29-26-23-20-17-14-11-8-5-2)59-54-49-45-42-39-36-33-30-27-24-21-18-15-12-9-6-3;1-5(2,3)4/h4-61,63H2,1-3H3;(H3,1,2,3,4). The molecule has 0 aromatic rings. The van der Waals surface area contributed by atoms with Crippen LogP contribution in [0.4, 0.5) is 0 Å². The lowest BCUT2D eigenvalue weighted by Gasteiger charge is -2.35. The fourth-order valence-corrected chi connectivity index (χ4v) is 11.1. The molecular formula is C62H130NO4P. The number of hydrogen-bond acceptors (Lipinski definition) is 2. The maximum Gasteiger partial charge on any atom is 0.466 e. The highest BCUT2D eigenvalue weighted by Crippen LogP contribution is 2.42. The van der Waals surface area contributed by atoms with Gasteiger partial charge >= 0.3 is 7.82 Å². The van der Waals surface area contributed by atoms with Crippen LogP contribution in [0.15, 0.2) is 0 Å². The molecule has 0 bridgehead atoms. The van der Waals surface area contributed by atoms with Crippen LogP contribution in [-0.2, 0) is 4.57 Å². The van der Waals surface area contributed by atoms with Crippen LogP contribution in [0.25, 0.3) is 0 Å². The maximum absolute atomic E-state index is 8.88. The fraction of sp³-hybridized carbons (Fsp3) is 1.00. The van der Waals surface area contributed by atoms with Gasteiger partial charge in [0.05, 0.1) is 0 Å². The van der Waals surface area contributed by atoms with Gasteiger partial charge in [0.1, 0.15) is 0 Å². The van der Waals surface area contributed by atoms with E-state index in [1.807, 2.05) is 0 Å². The summed E-state index contributed by atoms with van der Waals surface area (Å²) in [6.45, 7) is 7.85. The van der Waals surface area contributed by atoms with E-state index in [1.54, 1.807) is 0 Å². The zero-order chi connectivity index (χ0) is 50.0. The van der Waals surface area contributed by atoms with Crippen molar-refractivity contribution in [2.75, 3.05) is 6.54 Å². The first-order valence-corrected chi connectivity index (χ1v) is 33.3. The summed E-state index contributed by atoms with van der Waals surface area (Å²) in [7, 11) is -4.64. The number of rotatable bonds is 58. The molecule has 412 valence electrons. The third-order valence-electron chi connectivity index (χ3n) is 15.6. The summed E-state index contributed by atoms with van der Waals surface area (Å²) in [5.74, 6) is 0. The third kappa shape index (κ3) is 64.1. The molecule has 0 spiro atoms. The molecule has 0 atom stereocenters. The number of hydrogen-bond donors (Lipinski definition) is 4. The molecule has 0 radical (unpaired) electrons. The van der Waals surface area contributed by atoms with Crippen molar-refractivity contribution in [1.82, 2.24) is 0 Å². The molecule has 5 N–H and O–H groups in total. The monoisotopic (exact) mass is 984 g/mol. The summed E-state index contributed by atoms with van der Waals surface area (Å²) in [6.07, 6.45) is 83.9. The van der Waals surface area contributed by atoms with E-state index in [-0.39, 0.29) is 0 Å². The van der Waals surface area contributed by atoms with E-state index in [1.165, 1.54) is 366 Å². The lowest BCUT2D eigenvalue weighted by Crippen LogP contribution is -2.21. The van der Waals surface area contributed by atoms with Gasteiger partial charge in [-0.25, -0.2) is 4.57 Å². The highest BCUT2D eigenvalue weighted by molar-refractivity contribution is 7.45. The van der Waals surface area contributed by atoms with Gasteiger partial charge in [0, 0.05) is 0 Å². The highest BCUT2D eigenvalue weighted by atomic mass is 31.2. The normalized spacial score (nSPS) is 12.0. The Morgan fingerprint density at radius 3 is 0.500 bits per heavy atom. The van der Waals surface area contributed by atoms with Crippen molar-refractivity contribution in [2.24, 2.45) is 11.1 Å². The van der Waals surface area contributed by atoms with Crippen molar-refractivity contribution < 1.29 is 19.2 Å². The van der Waals surface area contributed by atoms with Crippen molar-refractivity contribution in [3.05, 3.63) is 0 Å². The quantitative estimate of drug-likeness (QED) is 0.0359. The van der Waals surface area contributed by atoms with E-state index in [2.05, 4.69) is 20.8 Å². The summed E-state index contributed by atoms with van der Waals surface area (Å²) >= 11 is 0. The highest BCUT2D eigenvalue weighted by Gasteiger charge is 2.28. The molecule has 0 aliphatic carbocycles. The molecule has 0 saturated carbocycles. The Morgan fingerprint density at radius 1 is 0.250 bits per heavy atom. The Kier molecular flexibility index (Phi) is 61.5. The molecule has 5 nitrogen and oxygen atoms in total. The second-order valence-electron chi connectivity index (χ2n) is 22.5. The van der Waals surface area contributed by atoms with Crippen LogP contribution in [0.3, 0.4) is 0 Å². The minimum Gasteiger partial charge on any atom is -0.330 e. The van der Waals surface area contributed by atoms with Crippen molar-refractivity contribution in [1.29, 1.82) is 0 Å². The van der Waals surface area contributed by atoms with Crippen LogP contribution in [0.2, 0.25) is 0 Å². The third-order valence-corrected chi connectivity index (χ3v) is 15.6. The molecule has 68 heavy (non-hydrogen) atoms. The zero-order valence-corrected chi connectivity index (χ0v) is 48.2. The molecule has 0 heterocycles. The van der Waals surface area contributed by atoms with E-state index in [0.717, 1.165) is 6.54 Å². The molecule has 0 unspecified atom stereocenters. The Hall–Kier alpha value is 0.0700.